The first-order valence-electron chi connectivity index (χ1n) is 7.90. The number of carbonyl (C=O) groups excluding carboxylic acids is 2. The first-order chi connectivity index (χ1) is 12.3. The molecule has 26 heavy (non-hydrogen) atoms. The van der Waals surface area contributed by atoms with E-state index in [-0.39, 0.29) is 11.6 Å². The normalized spacial score (nSPS) is 11.7. The minimum atomic E-state index is -0.995. The van der Waals surface area contributed by atoms with E-state index in [1.165, 1.54) is 6.07 Å². The molecular weight excluding hydrogens is 341 g/mol. The van der Waals surface area contributed by atoms with E-state index in [2.05, 4.69) is 10.6 Å². The van der Waals surface area contributed by atoms with E-state index in [1.54, 1.807) is 44.2 Å². The van der Waals surface area contributed by atoms with Crippen molar-refractivity contribution in [2.75, 3.05) is 5.32 Å². The van der Waals surface area contributed by atoms with Gasteiger partial charge in [0.15, 0.2) is 0 Å². The molecule has 2 N–H and O–H groups in total. The number of nitro benzene ring substituents is 1. The summed E-state index contributed by atoms with van der Waals surface area (Å²) >= 11 is 0. The van der Waals surface area contributed by atoms with Crippen molar-refractivity contribution < 1.29 is 18.9 Å². The van der Waals surface area contributed by atoms with Crippen LogP contribution in [0.25, 0.3) is 0 Å². The number of anilines is 1. The number of hydrogen-bond acceptors (Lipinski definition) is 4. The van der Waals surface area contributed by atoms with Crippen LogP contribution in [0.3, 0.4) is 0 Å². The van der Waals surface area contributed by atoms with Gasteiger partial charge in [0.25, 0.3) is 5.91 Å². The van der Waals surface area contributed by atoms with Crippen LogP contribution in [0.15, 0.2) is 48.5 Å². The zero-order valence-corrected chi connectivity index (χ0v) is 14.2. The lowest BCUT2D eigenvalue weighted by Crippen LogP contribution is -2.47. The summed E-state index contributed by atoms with van der Waals surface area (Å²) in [6.45, 7) is 3.51. The quantitative estimate of drug-likeness (QED) is 0.611. The summed E-state index contributed by atoms with van der Waals surface area (Å²) in [7, 11) is 0. The predicted octanol–water partition coefficient (Wildman–Crippen LogP) is 3.13. The molecule has 2 rings (SSSR count). The summed E-state index contributed by atoms with van der Waals surface area (Å²) in [5, 5.41) is 15.9. The molecule has 1 unspecified atom stereocenters. The van der Waals surface area contributed by atoms with Gasteiger partial charge in [0.05, 0.1) is 4.92 Å². The van der Waals surface area contributed by atoms with E-state index in [4.69, 9.17) is 0 Å². The number of hydrogen-bond donors (Lipinski definition) is 2. The summed E-state index contributed by atoms with van der Waals surface area (Å²) in [6.07, 6.45) is 0. The molecule has 2 amide bonds. The van der Waals surface area contributed by atoms with E-state index in [1.807, 2.05) is 0 Å². The molecule has 0 aliphatic carbocycles. The Balaban J connectivity index is 2.15. The fourth-order valence-electron chi connectivity index (χ4n) is 2.30. The third-order valence-corrected chi connectivity index (χ3v) is 3.68. The zero-order chi connectivity index (χ0) is 19.3. The molecular formula is C18H18FN3O4. The van der Waals surface area contributed by atoms with Crippen molar-refractivity contribution in [2.45, 2.75) is 19.9 Å². The van der Waals surface area contributed by atoms with Crippen molar-refractivity contribution >= 4 is 23.2 Å². The Labute approximate surface area is 149 Å². The highest BCUT2D eigenvalue weighted by atomic mass is 19.1. The maximum Gasteiger partial charge on any atom is 0.306 e. The lowest BCUT2D eigenvalue weighted by Gasteiger charge is -2.21. The van der Waals surface area contributed by atoms with Crippen molar-refractivity contribution in [3.8, 4) is 0 Å². The second-order valence-corrected chi connectivity index (χ2v) is 5.97. The fraction of sp³-hybridized carbons (Fsp3) is 0.222. The molecule has 8 heteroatoms. The highest BCUT2D eigenvalue weighted by molar-refractivity contribution is 6.01. The molecule has 0 saturated carbocycles. The molecule has 0 aliphatic heterocycles. The Morgan fingerprint density at radius 2 is 1.77 bits per heavy atom. The van der Waals surface area contributed by atoms with Gasteiger partial charge in [-0.25, -0.2) is 0 Å². The smallest absolute Gasteiger partial charge is 0.306 e. The van der Waals surface area contributed by atoms with Gasteiger partial charge in [-0.05, 0) is 30.2 Å². The van der Waals surface area contributed by atoms with Crippen LogP contribution < -0.4 is 10.6 Å². The summed E-state index contributed by atoms with van der Waals surface area (Å²) in [5.41, 5.74) is -0.261. The molecule has 2 aromatic carbocycles. The van der Waals surface area contributed by atoms with Crippen molar-refractivity contribution in [1.82, 2.24) is 5.32 Å². The molecule has 0 saturated heterocycles. The average molecular weight is 359 g/mol. The number of halogens is 1. The van der Waals surface area contributed by atoms with Gasteiger partial charge < -0.3 is 10.6 Å². The van der Waals surface area contributed by atoms with Crippen molar-refractivity contribution in [3.63, 3.8) is 0 Å². The third kappa shape index (κ3) is 4.62. The monoisotopic (exact) mass is 359 g/mol. The molecule has 0 spiro atoms. The van der Waals surface area contributed by atoms with Crippen LogP contribution in [-0.4, -0.2) is 22.8 Å². The minimum absolute atomic E-state index is 0.0720. The van der Waals surface area contributed by atoms with Gasteiger partial charge in [0, 0.05) is 17.3 Å². The first kappa shape index (κ1) is 19.0. The van der Waals surface area contributed by atoms with Crippen molar-refractivity contribution in [1.29, 1.82) is 0 Å². The number of nitrogens with one attached hydrogen (secondary N) is 2. The van der Waals surface area contributed by atoms with E-state index in [9.17, 15) is 24.1 Å². The van der Waals surface area contributed by atoms with Crippen LogP contribution in [0.2, 0.25) is 0 Å². The second kappa shape index (κ2) is 8.19. The first-order valence-corrected chi connectivity index (χ1v) is 7.90. The fourth-order valence-corrected chi connectivity index (χ4v) is 2.30. The Morgan fingerprint density at radius 1 is 1.12 bits per heavy atom. The van der Waals surface area contributed by atoms with E-state index < -0.39 is 34.3 Å². The van der Waals surface area contributed by atoms with Crippen molar-refractivity contribution in [3.05, 3.63) is 70.0 Å². The van der Waals surface area contributed by atoms with Gasteiger partial charge >= 0.3 is 5.69 Å². The molecule has 0 fully saturated rings. The minimum Gasteiger partial charge on any atom is -0.340 e. The number of nitrogens with zero attached hydrogens (tertiary/aromatic N) is 1. The van der Waals surface area contributed by atoms with Gasteiger partial charge in [-0.3, -0.25) is 19.7 Å². The van der Waals surface area contributed by atoms with Crippen LogP contribution in [0.5, 0.6) is 0 Å². The Hall–Kier alpha value is -3.29. The molecule has 136 valence electrons. The van der Waals surface area contributed by atoms with Crippen LogP contribution >= 0.6 is 0 Å². The number of carbonyl (C=O) groups is 2. The number of nitro groups is 1. The Bertz CT molecular complexity index is 824. The molecule has 0 heterocycles. The van der Waals surface area contributed by atoms with Gasteiger partial charge in [-0.1, -0.05) is 32.0 Å². The molecule has 0 bridgehead atoms. The maximum atomic E-state index is 13.4. The lowest BCUT2D eigenvalue weighted by atomic mass is 10.0. The standard InChI is InChI=1S/C18H18FN3O4/c1-11(2)16(21-17(23)12-6-4-3-5-7-12)18(24)20-13-8-9-14(19)15(10-13)22(25)26/h3-11,16H,1-2H3,(H,20,24)(H,21,23). The summed E-state index contributed by atoms with van der Waals surface area (Å²) in [4.78, 5) is 34.7. The number of benzene rings is 2. The summed E-state index contributed by atoms with van der Waals surface area (Å²) in [6, 6.07) is 10.6. The average Bonchev–Trinajstić information content (AvgIpc) is 2.61. The maximum absolute atomic E-state index is 13.4. The van der Waals surface area contributed by atoms with Gasteiger partial charge in [0.1, 0.15) is 6.04 Å². The largest absolute Gasteiger partial charge is 0.340 e. The van der Waals surface area contributed by atoms with Gasteiger partial charge in [0.2, 0.25) is 11.7 Å². The SMILES string of the molecule is CC(C)C(NC(=O)c1ccccc1)C(=O)Nc1ccc(F)c([N+](=O)[O-])c1. The lowest BCUT2D eigenvalue weighted by molar-refractivity contribution is -0.387. The van der Waals surface area contributed by atoms with Crippen LogP contribution in [0, 0.1) is 21.8 Å². The van der Waals surface area contributed by atoms with Crippen LogP contribution in [0.1, 0.15) is 24.2 Å². The molecule has 1 atom stereocenters. The third-order valence-electron chi connectivity index (χ3n) is 3.68. The molecule has 2 aromatic rings. The highest BCUT2D eigenvalue weighted by Gasteiger charge is 2.25. The summed E-state index contributed by atoms with van der Waals surface area (Å²) in [5.74, 6) is -2.20. The van der Waals surface area contributed by atoms with Gasteiger partial charge in [-0.15, -0.1) is 0 Å². The highest BCUT2D eigenvalue weighted by Crippen LogP contribution is 2.22. The van der Waals surface area contributed by atoms with E-state index in [0.717, 1.165) is 12.1 Å². The zero-order valence-electron chi connectivity index (χ0n) is 14.2. The Kier molecular flexibility index (Phi) is 6.00. The topological polar surface area (TPSA) is 101 Å². The van der Waals surface area contributed by atoms with E-state index in [0.29, 0.717) is 5.56 Å². The van der Waals surface area contributed by atoms with Crippen LogP contribution in [0.4, 0.5) is 15.8 Å². The predicted molar refractivity (Wildman–Crippen MR) is 94.2 cm³/mol. The summed E-state index contributed by atoms with van der Waals surface area (Å²) < 4.78 is 13.4. The number of amides is 2. The van der Waals surface area contributed by atoms with Gasteiger partial charge in [-0.2, -0.15) is 4.39 Å². The molecule has 0 aromatic heterocycles. The molecule has 7 nitrogen and oxygen atoms in total. The van der Waals surface area contributed by atoms with E-state index >= 15 is 0 Å². The second-order valence-electron chi connectivity index (χ2n) is 5.97. The van der Waals surface area contributed by atoms with Crippen molar-refractivity contribution in [2.24, 2.45) is 5.92 Å². The molecule has 0 aliphatic rings. The molecule has 0 radical (unpaired) electrons. The van der Waals surface area contributed by atoms with Crippen LogP contribution in [-0.2, 0) is 4.79 Å². The number of rotatable bonds is 6. The Morgan fingerprint density at radius 3 is 2.35 bits per heavy atom.